The first kappa shape index (κ1) is 27.2. The monoisotopic (exact) mass is 585 g/mol. The molecule has 42 heavy (non-hydrogen) atoms. The van der Waals surface area contributed by atoms with E-state index in [1.54, 1.807) is 48.4 Å². The van der Waals surface area contributed by atoms with E-state index in [0.29, 0.717) is 64.7 Å². The molecule has 0 unspecified atom stereocenters. The van der Waals surface area contributed by atoms with Gasteiger partial charge in [-0.2, -0.15) is 9.97 Å². The van der Waals surface area contributed by atoms with Crippen LogP contribution in [0.5, 0.6) is 6.01 Å². The van der Waals surface area contributed by atoms with Crippen LogP contribution < -0.4 is 15.4 Å². The molecule has 2 N–H and O–H groups in total. The number of pyridine rings is 2. The van der Waals surface area contributed by atoms with Gasteiger partial charge in [0.1, 0.15) is 34.4 Å². The number of aromatic nitrogens is 6. The number of amides is 1. The summed E-state index contributed by atoms with van der Waals surface area (Å²) in [5.74, 6) is 0.459. The van der Waals surface area contributed by atoms with Crippen LogP contribution in [-0.4, -0.2) is 74.0 Å². The van der Waals surface area contributed by atoms with Crippen LogP contribution in [-0.2, 0) is 4.79 Å². The van der Waals surface area contributed by atoms with Crippen molar-refractivity contribution in [3.05, 3.63) is 71.2 Å². The van der Waals surface area contributed by atoms with Crippen LogP contribution in [0.4, 0.5) is 16.0 Å². The number of halogens is 2. The molecule has 13 heteroatoms. The van der Waals surface area contributed by atoms with Crippen molar-refractivity contribution in [3.8, 4) is 17.4 Å². The summed E-state index contributed by atoms with van der Waals surface area (Å²) in [5, 5.41) is 2.04. The summed E-state index contributed by atoms with van der Waals surface area (Å²) < 4.78 is 21.5. The standard InChI is InChI=1S/C29H25ClFN9O2/c1-16-33-9-8-18(35-16)6-7-22(41)39-10-12-40(13-11-39)28-19-15-34-27(24(31)25(19)37-29(38-28)42-2)26-23-17(14-21(32)36-26)4-3-5-20(23)30/h3-9,14-15H,10-13H2,1-2H3,(H2,32,36)/b7-6+. The van der Waals surface area contributed by atoms with Crippen molar-refractivity contribution in [1.82, 2.24) is 34.8 Å². The van der Waals surface area contributed by atoms with E-state index in [0.717, 1.165) is 0 Å². The Labute approximate surface area is 244 Å². The molecule has 0 saturated carbocycles. The fraction of sp³-hybridized carbons (Fsp3) is 0.207. The zero-order valence-electron chi connectivity index (χ0n) is 22.8. The van der Waals surface area contributed by atoms with Gasteiger partial charge in [0.05, 0.1) is 23.2 Å². The molecule has 11 nitrogen and oxygen atoms in total. The van der Waals surface area contributed by atoms with Crippen LogP contribution in [0, 0.1) is 12.7 Å². The highest BCUT2D eigenvalue weighted by Crippen LogP contribution is 2.37. The molecule has 0 spiro atoms. The predicted octanol–water partition coefficient (Wildman–Crippen LogP) is 4.08. The highest BCUT2D eigenvalue weighted by atomic mass is 35.5. The Balaban J connectivity index is 1.31. The van der Waals surface area contributed by atoms with Gasteiger partial charge in [-0.05, 0) is 36.6 Å². The number of nitrogen functional groups attached to an aromatic ring is 1. The first-order chi connectivity index (χ1) is 20.3. The topological polar surface area (TPSA) is 136 Å². The molecule has 4 aromatic heterocycles. The van der Waals surface area contributed by atoms with Crippen LogP contribution in [0.25, 0.3) is 39.1 Å². The van der Waals surface area contributed by atoms with E-state index in [4.69, 9.17) is 22.1 Å². The Morgan fingerprint density at radius 1 is 1.07 bits per heavy atom. The van der Waals surface area contributed by atoms with E-state index < -0.39 is 5.82 Å². The highest BCUT2D eigenvalue weighted by molar-refractivity contribution is 6.36. The van der Waals surface area contributed by atoms with E-state index in [2.05, 4.69) is 29.9 Å². The highest BCUT2D eigenvalue weighted by Gasteiger charge is 2.26. The second-order valence-corrected chi connectivity index (χ2v) is 10.0. The number of aryl methyl sites for hydroxylation is 1. The van der Waals surface area contributed by atoms with Crippen LogP contribution in [0.15, 0.2) is 48.8 Å². The minimum Gasteiger partial charge on any atom is -0.467 e. The maximum atomic E-state index is 16.2. The molecule has 1 aromatic carbocycles. The number of hydrogen-bond acceptors (Lipinski definition) is 10. The van der Waals surface area contributed by atoms with Crippen molar-refractivity contribution in [2.75, 3.05) is 43.9 Å². The van der Waals surface area contributed by atoms with E-state index >= 15 is 4.39 Å². The molecule has 0 aliphatic carbocycles. The molecule has 0 atom stereocenters. The van der Waals surface area contributed by atoms with Crippen LogP contribution in [0.3, 0.4) is 0 Å². The lowest BCUT2D eigenvalue weighted by atomic mass is 10.1. The maximum Gasteiger partial charge on any atom is 0.318 e. The molecule has 0 radical (unpaired) electrons. The third kappa shape index (κ3) is 5.12. The number of carbonyl (C=O) groups is 1. The van der Waals surface area contributed by atoms with E-state index in [9.17, 15) is 4.79 Å². The molecule has 5 aromatic rings. The number of piperazine rings is 1. The Morgan fingerprint density at radius 2 is 1.88 bits per heavy atom. The van der Waals surface area contributed by atoms with Crippen molar-refractivity contribution < 1.29 is 13.9 Å². The minimum atomic E-state index is -0.701. The van der Waals surface area contributed by atoms with Crippen molar-refractivity contribution in [2.45, 2.75) is 6.92 Å². The van der Waals surface area contributed by atoms with Crippen LogP contribution in [0.1, 0.15) is 11.5 Å². The zero-order valence-corrected chi connectivity index (χ0v) is 23.5. The number of benzene rings is 1. The van der Waals surface area contributed by atoms with Crippen LogP contribution in [0.2, 0.25) is 5.02 Å². The van der Waals surface area contributed by atoms with Gasteiger partial charge in [-0.1, -0.05) is 23.7 Å². The normalized spacial score (nSPS) is 13.8. The van der Waals surface area contributed by atoms with Crippen molar-refractivity contribution in [3.63, 3.8) is 0 Å². The summed E-state index contributed by atoms with van der Waals surface area (Å²) in [7, 11) is 1.42. The average molecular weight is 586 g/mol. The quantitative estimate of drug-likeness (QED) is 0.300. The summed E-state index contributed by atoms with van der Waals surface area (Å²) in [6, 6.07) is 8.71. The van der Waals surface area contributed by atoms with Crippen molar-refractivity contribution in [1.29, 1.82) is 0 Å². The summed E-state index contributed by atoms with van der Waals surface area (Å²) in [6.07, 6.45) is 6.33. The van der Waals surface area contributed by atoms with Crippen LogP contribution >= 0.6 is 11.6 Å². The smallest absolute Gasteiger partial charge is 0.318 e. The maximum absolute atomic E-state index is 16.2. The van der Waals surface area contributed by atoms with Gasteiger partial charge >= 0.3 is 6.01 Å². The van der Waals surface area contributed by atoms with E-state index in [1.165, 1.54) is 19.4 Å². The van der Waals surface area contributed by atoms with Gasteiger partial charge in [-0.25, -0.2) is 19.3 Å². The molecule has 5 heterocycles. The first-order valence-corrected chi connectivity index (χ1v) is 13.5. The first-order valence-electron chi connectivity index (χ1n) is 13.1. The summed E-state index contributed by atoms with van der Waals surface area (Å²) in [5.41, 5.74) is 6.89. The average Bonchev–Trinajstić information content (AvgIpc) is 2.99. The summed E-state index contributed by atoms with van der Waals surface area (Å²) in [6.45, 7) is 3.58. The van der Waals surface area contributed by atoms with Crippen molar-refractivity contribution >= 4 is 56.9 Å². The number of anilines is 2. The predicted molar refractivity (Wildman–Crippen MR) is 159 cm³/mol. The fourth-order valence-electron chi connectivity index (χ4n) is 4.95. The van der Waals surface area contributed by atoms with Gasteiger partial charge in [0.25, 0.3) is 0 Å². The van der Waals surface area contributed by atoms with E-state index in [1.807, 2.05) is 11.0 Å². The largest absolute Gasteiger partial charge is 0.467 e. The third-order valence-corrected chi connectivity index (χ3v) is 7.28. The number of fused-ring (bicyclic) bond motifs is 2. The Kier molecular flexibility index (Phi) is 7.21. The van der Waals surface area contributed by atoms with Crippen molar-refractivity contribution in [2.24, 2.45) is 0 Å². The number of rotatable bonds is 5. The lowest BCUT2D eigenvalue weighted by Crippen LogP contribution is -2.48. The Bertz CT molecular complexity index is 1880. The molecule has 1 fully saturated rings. The lowest BCUT2D eigenvalue weighted by molar-refractivity contribution is -0.126. The lowest BCUT2D eigenvalue weighted by Gasteiger charge is -2.35. The van der Waals surface area contributed by atoms with Gasteiger partial charge in [0.15, 0.2) is 5.82 Å². The number of nitrogens with zero attached hydrogens (tertiary/aromatic N) is 8. The number of ether oxygens (including phenoxy) is 1. The van der Waals surface area contributed by atoms with Gasteiger partial charge in [-0.15, -0.1) is 0 Å². The molecule has 212 valence electrons. The Morgan fingerprint density at radius 3 is 2.64 bits per heavy atom. The Hall–Kier alpha value is -4.97. The zero-order chi connectivity index (χ0) is 29.4. The molecule has 1 saturated heterocycles. The summed E-state index contributed by atoms with van der Waals surface area (Å²) in [4.78, 5) is 42.5. The minimum absolute atomic E-state index is 0.00133. The molecule has 1 amide bonds. The number of hydrogen-bond donors (Lipinski definition) is 1. The third-order valence-electron chi connectivity index (χ3n) is 6.96. The van der Waals surface area contributed by atoms with Gasteiger partial charge in [0.2, 0.25) is 5.91 Å². The number of carbonyl (C=O) groups excluding carboxylic acids is 1. The second kappa shape index (κ2) is 11.1. The molecule has 1 aliphatic rings. The second-order valence-electron chi connectivity index (χ2n) is 9.63. The molecule has 6 rings (SSSR count). The SMILES string of the molecule is COc1nc(N2CCN(C(=O)/C=C/c3ccnc(C)n3)CC2)c2cnc(-c3nc(N)cc4cccc(Cl)c34)c(F)c2n1. The molecule has 0 bridgehead atoms. The van der Waals surface area contributed by atoms with Gasteiger partial charge < -0.3 is 20.3 Å². The van der Waals surface area contributed by atoms with E-state index in [-0.39, 0.29) is 34.6 Å². The van der Waals surface area contributed by atoms with Gasteiger partial charge in [-0.3, -0.25) is 9.78 Å². The molecular weight excluding hydrogens is 561 g/mol. The number of nitrogens with two attached hydrogens (primary N) is 1. The molecular formula is C29H25ClFN9O2. The van der Waals surface area contributed by atoms with Gasteiger partial charge in [0, 0.05) is 50.0 Å². The molecule has 1 aliphatic heterocycles. The number of methoxy groups -OCH3 is 1. The fourth-order valence-corrected chi connectivity index (χ4v) is 5.22. The summed E-state index contributed by atoms with van der Waals surface area (Å²) >= 11 is 6.48.